The molecule has 0 aliphatic rings. The molecule has 96 valence electrons. The lowest BCUT2D eigenvalue weighted by Crippen LogP contribution is -2.07. The van der Waals surface area contributed by atoms with Gasteiger partial charge in [-0.15, -0.1) is 0 Å². The zero-order valence-corrected chi connectivity index (χ0v) is 10.3. The fourth-order valence-corrected chi connectivity index (χ4v) is 1.64. The SMILES string of the molecule is Cc1ccc(Cc2noc(C(O)CCN)n2)cc1. The molecule has 5 nitrogen and oxygen atoms in total. The summed E-state index contributed by atoms with van der Waals surface area (Å²) in [6.07, 6.45) is 0.250. The van der Waals surface area contributed by atoms with Gasteiger partial charge in [0.2, 0.25) is 0 Å². The first-order valence-corrected chi connectivity index (χ1v) is 5.95. The molecule has 0 bridgehead atoms. The normalized spacial score (nSPS) is 12.6. The lowest BCUT2D eigenvalue weighted by atomic mass is 10.1. The number of hydrogen-bond donors (Lipinski definition) is 2. The molecule has 1 aromatic heterocycles. The van der Waals surface area contributed by atoms with E-state index in [2.05, 4.69) is 10.1 Å². The summed E-state index contributed by atoms with van der Waals surface area (Å²) in [5.74, 6) is 0.812. The molecule has 1 aromatic carbocycles. The zero-order valence-electron chi connectivity index (χ0n) is 10.3. The predicted octanol–water partition coefficient (Wildman–Crippen LogP) is 1.35. The van der Waals surface area contributed by atoms with Gasteiger partial charge in [0.1, 0.15) is 6.10 Å². The molecule has 0 aliphatic carbocycles. The molecule has 0 fully saturated rings. The van der Waals surface area contributed by atoms with Crippen molar-refractivity contribution in [2.45, 2.75) is 25.9 Å². The van der Waals surface area contributed by atoms with E-state index in [1.54, 1.807) is 0 Å². The smallest absolute Gasteiger partial charge is 0.255 e. The van der Waals surface area contributed by atoms with Gasteiger partial charge in [0.25, 0.3) is 5.89 Å². The third-order valence-corrected chi connectivity index (χ3v) is 2.69. The van der Waals surface area contributed by atoms with E-state index in [1.165, 1.54) is 5.56 Å². The van der Waals surface area contributed by atoms with Crippen LogP contribution in [0.1, 0.15) is 35.4 Å². The van der Waals surface area contributed by atoms with E-state index >= 15 is 0 Å². The van der Waals surface area contributed by atoms with Crippen LogP contribution in [0.3, 0.4) is 0 Å². The van der Waals surface area contributed by atoms with Gasteiger partial charge in [-0.05, 0) is 25.5 Å². The second kappa shape index (κ2) is 5.75. The Morgan fingerprint density at radius 2 is 2.06 bits per heavy atom. The maximum atomic E-state index is 9.66. The van der Waals surface area contributed by atoms with Crippen LogP contribution in [0.25, 0.3) is 0 Å². The zero-order chi connectivity index (χ0) is 13.0. The first-order chi connectivity index (χ1) is 8.69. The third-order valence-electron chi connectivity index (χ3n) is 2.69. The minimum Gasteiger partial charge on any atom is -0.383 e. The molecule has 0 spiro atoms. The Hall–Kier alpha value is -1.72. The summed E-state index contributed by atoms with van der Waals surface area (Å²) >= 11 is 0. The van der Waals surface area contributed by atoms with Crippen molar-refractivity contribution in [3.63, 3.8) is 0 Å². The fourth-order valence-electron chi connectivity index (χ4n) is 1.64. The van der Waals surface area contributed by atoms with Gasteiger partial charge in [0.15, 0.2) is 5.82 Å². The van der Waals surface area contributed by atoms with Crippen LogP contribution in [0, 0.1) is 6.92 Å². The summed E-state index contributed by atoms with van der Waals surface area (Å²) in [5.41, 5.74) is 7.69. The Balaban J connectivity index is 2.04. The topological polar surface area (TPSA) is 85.2 Å². The van der Waals surface area contributed by atoms with E-state index < -0.39 is 6.10 Å². The molecule has 2 aromatic rings. The van der Waals surface area contributed by atoms with Crippen molar-refractivity contribution in [3.8, 4) is 0 Å². The average Bonchev–Trinajstić information content (AvgIpc) is 2.81. The standard InChI is InChI=1S/C13H17N3O2/c1-9-2-4-10(5-3-9)8-12-15-13(18-16-12)11(17)6-7-14/h2-5,11,17H,6-8,14H2,1H3. The Kier molecular flexibility index (Phi) is 4.07. The number of nitrogens with zero attached hydrogens (tertiary/aromatic N) is 2. The number of hydrogen-bond acceptors (Lipinski definition) is 5. The summed E-state index contributed by atoms with van der Waals surface area (Å²) in [4.78, 5) is 4.16. The van der Waals surface area contributed by atoms with Crippen molar-refractivity contribution in [1.29, 1.82) is 0 Å². The lowest BCUT2D eigenvalue weighted by Gasteiger charge is -2.01. The first kappa shape index (κ1) is 12.7. The minimum atomic E-state index is -0.769. The number of aliphatic hydroxyl groups excluding tert-OH is 1. The number of benzene rings is 1. The maximum Gasteiger partial charge on any atom is 0.255 e. The van der Waals surface area contributed by atoms with Crippen molar-refractivity contribution >= 4 is 0 Å². The highest BCUT2D eigenvalue weighted by Crippen LogP contribution is 2.15. The van der Waals surface area contributed by atoms with E-state index in [4.69, 9.17) is 10.3 Å². The molecule has 18 heavy (non-hydrogen) atoms. The molecule has 0 amide bonds. The van der Waals surface area contributed by atoms with Crippen LogP contribution < -0.4 is 5.73 Å². The van der Waals surface area contributed by atoms with Crippen molar-refractivity contribution in [2.24, 2.45) is 5.73 Å². The molecule has 0 radical (unpaired) electrons. The van der Waals surface area contributed by atoms with Crippen LogP contribution in [-0.2, 0) is 6.42 Å². The number of aromatic nitrogens is 2. The lowest BCUT2D eigenvalue weighted by molar-refractivity contribution is 0.127. The summed E-state index contributed by atoms with van der Waals surface area (Å²) in [7, 11) is 0. The minimum absolute atomic E-state index is 0.238. The molecule has 2 rings (SSSR count). The second-order valence-electron chi connectivity index (χ2n) is 4.30. The van der Waals surface area contributed by atoms with Gasteiger partial charge in [-0.25, -0.2) is 0 Å². The van der Waals surface area contributed by atoms with E-state index in [1.807, 2.05) is 31.2 Å². The van der Waals surface area contributed by atoms with Crippen LogP contribution in [0.2, 0.25) is 0 Å². The highest BCUT2D eigenvalue weighted by Gasteiger charge is 2.15. The van der Waals surface area contributed by atoms with Crippen molar-refractivity contribution in [3.05, 3.63) is 47.1 Å². The van der Waals surface area contributed by atoms with Crippen LogP contribution in [0.4, 0.5) is 0 Å². The molecular weight excluding hydrogens is 230 g/mol. The van der Waals surface area contributed by atoms with E-state index in [0.29, 0.717) is 25.2 Å². The predicted molar refractivity (Wildman–Crippen MR) is 66.9 cm³/mol. The molecule has 1 atom stereocenters. The average molecular weight is 247 g/mol. The molecule has 0 saturated heterocycles. The fraction of sp³-hybridized carbons (Fsp3) is 0.385. The highest BCUT2D eigenvalue weighted by atomic mass is 16.5. The number of rotatable bonds is 5. The second-order valence-corrected chi connectivity index (χ2v) is 4.30. The van der Waals surface area contributed by atoms with Crippen LogP contribution >= 0.6 is 0 Å². The van der Waals surface area contributed by atoms with Gasteiger partial charge in [-0.3, -0.25) is 0 Å². The highest BCUT2D eigenvalue weighted by molar-refractivity contribution is 5.23. The first-order valence-electron chi connectivity index (χ1n) is 5.95. The van der Waals surface area contributed by atoms with E-state index in [-0.39, 0.29) is 5.89 Å². The largest absolute Gasteiger partial charge is 0.383 e. The van der Waals surface area contributed by atoms with Gasteiger partial charge >= 0.3 is 0 Å². The van der Waals surface area contributed by atoms with Crippen molar-refractivity contribution in [1.82, 2.24) is 10.1 Å². The Labute approximate surface area is 106 Å². The van der Waals surface area contributed by atoms with Gasteiger partial charge in [0.05, 0.1) is 0 Å². The number of aliphatic hydroxyl groups is 1. The van der Waals surface area contributed by atoms with Crippen LogP contribution in [-0.4, -0.2) is 21.8 Å². The van der Waals surface area contributed by atoms with Gasteiger partial charge in [-0.1, -0.05) is 35.0 Å². The third kappa shape index (κ3) is 3.15. The Bertz CT molecular complexity index is 493. The van der Waals surface area contributed by atoms with Gasteiger partial charge < -0.3 is 15.4 Å². The Morgan fingerprint density at radius 3 is 2.72 bits per heavy atom. The molecule has 0 saturated carbocycles. The van der Waals surface area contributed by atoms with E-state index in [9.17, 15) is 5.11 Å². The molecular formula is C13H17N3O2. The summed E-state index contributed by atoms with van der Waals surface area (Å²) in [6.45, 7) is 2.43. The number of nitrogens with two attached hydrogens (primary N) is 1. The van der Waals surface area contributed by atoms with Gasteiger partial charge in [0, 0.05) is 6.42 Å². The van der Waals surface area contributed by atoms with Gasteiger partial charge in [-0.2, -0.15) is 4.98 Å². The molecule has 1 heterocycles. The maximum absolute atomic E-state index is 9.66. The summed E-state index contributed by atoms with van der Waals surface area (Å²) in [5, 5.41) is 13.5. The van der Waals surface area contributed by atoms with Crippen LogP contribution in [0.15, 0.2) is 28.8 Å². The number of aryl methyl sites for hydroxylation is 1. The van der Waals surface area contributed by atoms with E-state index in [0.717, 1.165) is 5.56 Å². The molecule has 3 N–H and O–H groups in total. The Morgan fingerprint density at radius 1 is 1.33 bits per heavy atom. The molecule has 5 heteroatoms. The molecule has 0 aliphatic heterocycles. The summed E-state index contributed by atoms with van der Waals surface area (Å²) in [6, 6.07) is 8.14. The van der Waals surface area contributed by atoms with Crippen molar-refractivity contribution in [2.75, 3.05) is 6.54 Å². The monoisotopic (exact) mass is 247 g/mol. The van der Waals surface area contributed by atoms with Crippen molar-refractivity contribution < 1.29 is 9.63 Å². The molecule has 1 unspecified atom stereocenters. The summed E-state index contributed by atoms with van der Waals surface area (Å²) < 4.78 is 5.01. The van der Waals surface area contributed by atoms with Crippen LogP contribution in [0.5, 0.6) is 0 Å². The quantitative estimate of drug-likeness (QED) is 0.833.